The largest absolute Gasteiger partial charge is 0.0651 e. The first-order valence-corrected chi connectivity index (χ1v) is 7.20. The van der Waals surface area contributed by atoms with E-state index in [0.29, 0.717) is 0 Å². The van der Waals surface area contributed by atoms with Gasteiger partial charge >= 0.3 is 0 Å². The molecule has 0 atom stereocenters. The van der Waals surface area contributed by atoms with E-state index in [1.165, 1.54) is 47.6 Å². The van der Waals surface area contributed by atoms with Gasteiger partial charge in [-0.05, 0) is 59.7 Å². The van der Waals surface area contributed by atoms with E-state index in [1.807, 2.05) is 0 Å². The summed E-state index contributed by atoms with van der Waals surface area (Å²) in [6.45, 7) is 9.12. The van der Waals surface area contributed by atoms with E-state index in [9.17, 15) is 0 Å². The van der Waals surface area contributed by atoms with Gasteiger partial charge in [-0.15, -0.1) is 0 Å². The third-order valence-corrected chi connectivity index (χ3v) is 4.04. The summed E-state index contributed by atoms with van der Waals surface area (Å²) in [5.41, 5.74) is 6.18. The highest BCUT2D eigenvalue weighted by Gasteiger charge is 2.12. The van der Waals surface area contributed by atoms with Crippen molar-refractivity contribution < 1.29 is 0 Å². The third-order valence-electron chi connectivity index (χ3n) is 4.04. The van der Waals surface area contributed by atoms with Gasteiger partial charge in [0.25, 0.3) is 0 Å². The molecule has 0 saturated carbocycles. The van der Waals surface area contributed by atoms with E-state index in [-0.39, 0.29) is 0 Å². The Morgan fingerprint density at radius 1 is 0.722 bits per heavy atom. The topological polar surface area (TPSA) is 0 Å². The molecule has 0 N–H and O–H groups in total. The molecule has 0 aromatic heterocycles. The number of benzene rings is 2. The first kappa shape index (κ1) is 13.1. The van der Waals surface area contributed by atoms with Crippen LogP contribution in [0, 0.1) is 13.8 Å². The van der Waals surface area contributed by atoms with Crippen molar-refractivity contribution in [2.45, 2.75) is 53.4 Å². The van der Waals surface area contributed by atoms with Gasteiger partial charge in [0.15, 0.2) is 0 Å². The minimum Gasteiger partial charge on any atom is -0.0651 e. The summed E-state index contributed by atoms with van der Waals surface area (Å²) in [6, 6.07) is 8.90. The summed E-state index contributed by atoms with van der Waals surface area (Å²) in [6.07, 6.45) is 4.88. The molecule has 2 aromatic rings. The lowest BCUT2D eigenvalue weighted by molar-refractivity contribution is 0.859. The number of hydrogen-bond donors (Lipinski definition) is 0. The number of hydrogen-bond acceptors (Lipinski definition) is 0. The Bertz CT molecular complexity index is 549. The lowest BCUT2D eigenvalue weighted by atomic mass is 9.86. The van der Waals surface area contributed by atoms with Gasteiger partial charge in [-0.1, -0.05) is 51.0 Å². The van der Waals surface area contributed by atoms with Crippen LogP contribution >= 0.6 is 0 Å². The molecule has 0 spiro atoms. The van der Waals surface area contributed by atoms with Crippen molar-refractivity contribution in [3.05, 3.63) is 46.5 Å². The number of rotatable bonds is 4. The molecular formula is C18H24. The Labute approximate surface area is 111 Å². The van der Waals surface area contributed by atoms with Crippen molar-refractivity contribution in [2.75, 3.05) is 0 Å². The number of aryl methyl sites for hydroxylation is 2. The Morgan fingerprint density at radius 2 is 1.28 bits per heavy atom. The highest BCUT2D eigenvalue weighted by molar-refractivity contribution is 5.91. The molecular weight excluding hydrogens is 216 g/mol. The minimum atomic E-state index is 1.21. The molecule has 0 heteroatoms. The fourth-order valence-corrected chi connectivity index (χ4v) is 3.01. The monoisotopic (exact) mass is 240 g/mol. The van der Waals surface area contributed by atoms with Crippen molar-refractivity contribution in [3.8, 4) is 0 Å². The van der Waals surface area contributed by atoms with Crippen LogP contribution in [-0.4, -0.2) is 0 Å². The maximum absolute atomic E-state index is 2.30. The molecule has 0 aliphatic heterocycles. The molecule has 0 aliphatic rings. The predicted molar refractivity (Wildman–Crippen MR) is 81.4 cm³/mol. The van der Waals surface area contributed by atoms with Gasteiger partial charge in [0.1, 0.15) is 0 Å². The van der Waals surface area contributed by atoms with Crippen LogP contribution in [0.1, 0.15) is 48.9 Å². The molecule has 0 bridgehead atoms. The van der Waals surface area contributed by atoms with Gasteiger partial charge in [0, 0.05) is 0 Å². The predicted octanol–water partition coefficient (Wildman–Crippen LogP) is 5.36. The normalized spacial score (nSPS) is 11.1. The average molecular weight is 240 g/mol. The molecule has 2 rings (SSSR count). The van der Waals surface area contributed by atoms with Gasteiger partial charge in [0.2, 0.25) is 0 Å². The van der Waals surface area contributed by atoms with Crippen molar-refractivity contribution in [1.82, 2.24) is 0 Å². The highest BCUT2D eigenvalue weighted by atomic mass is 14.2. The first-order chi connectivity index (χ1) is 8.70. The minimum absolute atomic E-state index is 1.21. The molecule has 0 amide bonds. The van der Waals surface area contributed by atoms with Crippen LogP contribution in [0.4, 0.5) is 0 Å². The first-order valence-electron chi connectivity index (χ1n) is 7.20. The molecule has 96 valence electrons. The van der Waals surface area contributed by atoms with Gasteiger partial charge in [-0.2, -0.15) is 0 Å². The molecule has 0 fully saturated rings. The van der Waals surface area contributed by atoms with Crippen LogP contribution in [0.25, 0.3) is 10.8 Å². The standard InChI is InChI=1S/C18H24/c1-5-9-15-13(3)14(4)16-11-7-8-12-18(16)17(15)10-6-2/h7-8,11-12H,5-6,9-10H2,1-4H3. The molecule has 0 radical (unpaired) electrons. The zero-order chi connectivity index (χ0) is 13.1. The second kappa shape index (κ2) is 5.56. The average Bonchev–Trinajstić information content (AvgIpc) is 2.40. The lowest BCUT2D eigenvalue weighted by Gasteiger charge is -2.18. The zero-order valence-corrected chi connectivity index (χ0v) is 12.1. The second-order valence-corrected chi connectivity index (χ2v) is 5.25. The van der Waals surface area contributed by atoms with Crippen LogP contribution < -0.4 is 0 Å². The van der Waals surface area contributed by atoms with Crippen molar-refractivity contribution in [2.24, 2.45) is 0 Å². The summed E-state index contributed by atoms with van der Waals surface area (Å²) in [4.78, 5) is 0. The van der Waals surface area contributed by atoms with Crippen LogP contribution in [-0.2, 0) is 12.8 Å². The van der Waals surface area contributed by atoms with E-state index in [0.717, 1.165) is 0 Å². The summed E-state index contributed by atoms with van der Waals surface area (Å²) < 4.78 is 0. The molecule has 0 unspecified atom stereocenters. The Kier molecular flexibility index (Phi) is 4.06. The Hall–Kier alpha value is -1.30. The van der Waals surface area contributed by atoms with Crippen molar-refractivity contribution in [1.29, 1.82) is 0 Å². The second-order valence-electron chi connectivity index (χ2n) is 5.25. The van der Waals surface area contributed by atoms with Crippen molar-refractivity contribution >= 4 is 10.8 Å². The van der Waals surface area contributed by atoms with Gasteiger partial charge in [-0.3, -0.25) is 0 Å². The van der Waals surface area contributed by atoms with Crippen LogP contribution in [0.2, 0.25) is 0 Å². The van der Waals surface area contributed by atoms with Crippen LogP contribution in [0.5, 0.6) is 0 Å². The quantitative estimate of drug-likeness (QED) is 0.674. The Morgan fingerprint density at radius 3 is 1.89 bits per heavy atom. The molecule has 0 aliphatic carbocycles. The van der Waals surface area contributed by atoms with Gasteiger partial charge < -0.3 is 0 Å². The summed E-state index contributed by atoms with van der Waals surface area (Å²) >= 11 is 0. The third kappa shape index (κ3) is 2.16. The molecule has 2 aromatic carbocycles. The van der Waals surface area contributed by atoms with E-state index < -0.39 is 0 Å². The summed E-state index contributed by atoms with van der Waals surface area (Å²) in [7, 11) is 0. The molecule has 0 nitrogen and oxygen atoms in total. The molecule has 0 heterocycles. The van der Waals surface area contributed by atoms with Crippen LogP contribution in [0.15, 0.2) is 24.3 Å². The Balaban J connectivity index is 2.79. The van der Waals surface area contributed by atoms with Crippen molar-refractivity contribution in [3.63, 3.8) is 0 Å². The molecule has 0 saturated heterocycles. The van der Waals surface area contributed by atoms with Crippen LogP contribution in [0.3, 0.4) is 0 Å². The fourth-order valence-electron chi connectivity index (χ4n) is 3.01. The van der Waals surface area contributed by atoms with E-state index in [4.69, 9.17) is 0 Å². The summed E-state index contributed by atoms with van der Waals surface area (Å²) in [5, 5.41) is 2.92. The highest BCUT2D eigenvalue weighted by Crippen LogP contribution is 2.31. The molecule has 18 heavy (non-hydrogen) atoms. The SMILES string of the molecule is CCCc1c(C)c(C)c2ccccc2c1CCC. The number of fused-ring (bicyclic) bond motifs is 1. The zero-order valence-electron chi connectivity index (χ0n) is 12.1. The fraction of sp³-hybridized carbons (Fsp3) is 0.444. The maximum Gasteiger partial charge on any atom is -0.0146 e. The summed E-state index contributed by atoms with van der Waals surface area (Å²) in [5.74, 6) is 0. The lowest BCUT2D eigenvalue weighted by Crippen LogP contribution is -2.02. The van der Waals surface area contributed by atoms with Gasteiger partial charge in [-0.25, -0.2) is 0 Å². The van der Waals surface area contributed by atoms with E-state index in [1.54, 1.807) is 11.1 Å². The van der Waals surface area contributed by atoms with Gasteiger partial charge in [0.05, 0.1) is 0 Å². The van der Waals surface area contributed by atoms with E-state index in [2.05, 4.69) is 52.0 Å². The maximum atomic E-state index is 2.30. The van der Waals surface area contributed by atoms with E-state index >= 15 is 0 Å². The smallest absolute Gasteiger partial charge is 0.0146 e.